The average molecular weight is 359 g/mol. The lowest BCUT2D eigenvalue weighted by atomic mass is 10.1. The minimum Gasteiger partial charge on any atom is -0.345 e. The highest BCUT2D eigenvalue weighted by atomic mass is 16.2. The largest absolute Gasteiger partial charge is 0.345 e. The van der Waals surface area contributed by atoms with Crippen molar-refractivity contribution in [2.45, 2.75) is 13.0 Å². The zero-order valence-corrected chi connectivity index (χ0v) is 15.0. The van der Waals surface area contributed by atoms with E-state index in [0.29, 0.717) is 16.9 Å². The molecule has 5 nitrogen and oxygen atoms in total. The first kappa shape index (κ1) is 18.2. The minimum absolute atomic E-state index is 0.148. The SMILES string of the molecule is C[C@H](NC(=O)c1ccccc1NC(=O)Nc1ccccc1)c1ccccc1. The van der Waals surface area contributed by atoms with Gasteiger partial charge in [0.05, 0.1) is 17.3 Å². The molecular weight excluding hydrogens is 338 g/mol. The van der Waals surface area contributed by atoms with Crippen LogP contribution >= 0.6 is 0 Å². The molecule has 3 N–H and O–H groups in total. The van der Waals surface area contributed by atoms with Gasteiger partial charge < -0.3 is 16.0 Å². The van der Waals surface area contributed by atoms with Gasteiger partial charge in [-0.3, -0.25) is 4.79 Å². The summed E-state index contributed by atoms with van der Waals surface area (Å²) in [7, 11) is 0. The normalized spacial score (nSPS) is 11.3. The molecule has 136 valence electrons. The maximum absolute atomic E-state index is 12.7. The number of rotatable bonds is 5. The van der Waals surface area contributed by atoms with Crippen molar-refractivity contribution in [3.8, 4) is 0 Å². The maximum Gasteiger partial charge on any atom is 0.323 e. The lowest BCUT2D eigenvalue weighted by Crippen LogP contribution is -2.28. The first-order chi connectivity index (χ1) is 13.1. The van der Waals surface area contributed by atoms with E-state index in [9.17, 15) is 9.59 Å². The summed E-state index contributed by atoms with van der Waals surface area (Å²) in [5.74, 6) is -0.248. The van der Waals surface area contributed by atoms with Gasteiger partial charge >= 0.3 is 6.03 Å². The second-order valence-electron chi connectivity index (χ2n) is 6.10. The van der Waals surface area contributed by atoms with Crippen molar-refractivity contribution in [2.24, 2.45) is 0 Å². The van der Waals surface area contributed by atoms with Crippen LogP contribution in [0.15, 0.2) is 84.9 Å². The zero-order chi connectivity index (χ0) is 19.1. The Morgan fingerprint density at radius 2 is 1.33 bits per heavy atom. The van der Waals surface area contributed by atoms with Crippen LogP contribution in [0.2, 0.25) is 0 Å². The van der Waals surface area contributed by atoms with Crippen LogP contribution in [0.1, 0.15) is 28.9 Å². The van der Waals surface area contributed by atoms with Gasteiger partial charge in [0.25, 0.3) is 5.91 Å². The van der Waals surface area contributed by atoms with Crippen molar-refractivity contribution in [2.75, 3.05) is 10.6 Å². The van der Waals surface area contributed by atoms with Crippen molar-refractivity contribution in [3.05, 3.63) is 96.1 Å². The number of urea groups is 1. The van der Waals surface area contributed by atoms with E-state index in [4.69, 9.17) is 0 Å². The van der Waals surface area contributed by atoms with Gasteiger partial charge in [0.2, 0.25) is 0 Å². The summed E-state index contributed by atoms with van der Waals surface area (Å²) in [6, 6.07) is 25.2. The third kappa shape index (κ3) is 4.95. The van der Waals surface area contributed by atoms with Crippen molar-refractivity contribution in [3.63, 3.8) is 0 Å². The lowest BCUT2D eigenvalue weighted by Gasteiger charge is -2.16. The molecule has 1 atom stereocenters. The predicted octanol–water partition coefficient (Wildman–Crippen LogP) is 4.82. The number of benzene rings is 3. The molecule has 3 aromatic carbocycles. The summed E-state index contributed by atoms with van der Waals surface area (Å²) in [5.41, 5.74) is 2.54. The van der Waals surface area contributed by atoms with Crippen molar-refractivity contribution < 1.29 is 9.59 Å². The van der Waals surface area contributed by atoms with Gasteiger partial charge in [0, 0.05) is 5.69 Å². The summed E-state index contributed by atoms with van der Waals surface area (Å²) in [4.78, 5) is 25.0. The Kier molecular flexibility index (Phi) is 5.84. The van der Waals surface area contributed by atoms with Crippen molar-refractivity contribution in [1.29, 1.82) is 0 Å². The average Bonchev–Trinajstić information content (AvgIpc) is 2.69. The molecule has 3 rings (SSSR count). The molecule has 0 radical (unpaired) electrons. The van der Waals surface area contributed by atoms with E-state index in [1.807, 2.05) is 55.5 Å². The monoisotopic (exact) mass is 359 g/mol. The third-order valence-electron chi connectivity index (χ3n) is 4.10. The molecule has 0 aliphatic rings. The number of hydrogen-bond acceptors (Lipinski definition) is 2. The fourth-order valence-electron chi connectivity index (χ4n) is 2.70. The molecule has 0 bridgehead atoms. The number of carbonyl (C=O) groups excluding carboxylic acids is 2. The van der Waals surface area contributed by atoms with Crippen LogP contribution in [0.5, 0.6) is 0 Å². The van der Waals surface area contributed by atoms with Gasteiger partial charge in [-0.25, -0.2) is 4.79 Å². The van der Waals surface area contributed by atoms with E-state index in [2.05, 4.69) is 16.0 Å². The molecule has 5 heteroatoms. The standard InChI is InChI=1S/C22H21N3O2/c1-16(17-10-4-2-5-11-17)23-21(26)19-14-8-9-15-20(19)25-22(27)24-18-12-6-3-7-13-18/h2-16H,1H3,(H,23,26)(H2,24,25,27)/t16-/m0/s1. The fourth-order valence-corrected chi connectivity index (χ4v) is 2.70. The van der Waals surface area contributed by atoms with Crippen molar-refractivity contribution in [1.82, 2.24) is 5.32 Å². The summed E-state index contributed by atoms with van der Waals surface area (Å²) in [6.45, 7) is 1.92. The quantitative estimate of drug-likeness (QED) is 0.611. The molecule has 3 aromatic rings. The topological polar surface area (TPSA) is 70.2 Å². The Balaban J connectivity index is 1.69. The number of amides is 3. The van der Waals surface area contributed by atoms with E-state index >= 15 is 0 Å². The number of anilines is 2. The highest BCUT2D eigenvalue weighted by Gasteiger charge is 2.16. The highest BCUT2D eigenvalue weighted by molar-refractivity contribution is 6.06. The number of nitrogens with one attached hydrogen (secondary N) is 3. The maximum atomic E-state index is 12.7. The molecule has 0 saturated carbocycles. The van der Waals surface area contributed by atoms with Gasteiger partial charge in [-0.2, -0.15) is 0 Å². The van der Waals surface area contributed by atoms with Crippen molar-refractivity contribution >= 4 is 23.3 Å². The number of hydrogen-bond donors (Lipinski definition) is 3. The van der Waals surface area contributed by atoms with Crippen LogP contribution in [0.3, 0.4) is 0 Å². The minimum atomic E-state index is -0.405. The second-order valence-corrected chi connectivity index (χ2v) is 6.10. The molecular formula is C22H21N3O2. The van der Waals surface area contributed by atoms with E-state index in [0.717, 1.165) is 5.56 Å². The van der Waals surface area contributed by atoms with Gasteiger partial charge in [0.15, 0.2) is 0 Å². The van der Waals surface area contributed by atoms with Gasteiger partial charge in [-0.1, -0.05) is 60.7 Å². The molecule has 0 spiro atoms. The number of carbonyl (C=O) groups is 2. The van der Waals surface area contributed by atoms with Crippen LogP contribution in [0.25, 0.3) is 0 Å². The molecule has 0 heterocycles. The molecule has 0 aliphatic carbocycles. The van der Waals surface area contributed by atoms with Crippen LogP contribution < -0.4 is 16.0 Å². The molecule has 0 aliphatic heterocycles. The molecule has 0 unspecified atom stereocenters. The Morgan fingerprint density at radius 3 is 2.04 bits per heavy atom. The highest BCUT2D eigenvalue weighted by Crippen LogP contribution is 2.18. The fraction of sp³-hybridized carbons (Fsp3) is 0.0909. The van der Waals surface area contributed by atoms with Crippen LogP contribution in [0.4, 0.5) is 16.2 Å². The van der Waals surface area contributed by atoms with Gasteiger partial charge in [0.1, 0.15) is 0 Å². The summed E-state index contributed by atoms with van der Waals surface area (Å²) < 4.78 is 0. The Labute approximate surface area is 158 Å². The van der Waals surface area contributed by atoms with E-state index in [1.165, 1.54) is 0 Å². The molecule has 0 saturated heterocycles. The summed E-state index contributed by atoms with van der Waals surface area (Å²) in [5, 5.41) is 8.45. The second kappa shape index (κ2) is 8.67. The predicted molar refractivity (Wildman–Crippen MR) is 108 cm³/mol. The first-order valence-corrected chi connectivity index (χ1v) is 8.71. The van der Waals surface area contributed by atoms with Gasteiger partial charge in [-0.15, -0.1) is 0 Å². The third-order valence-corrected chi connectivity index (χ3v) is 4.10. The smallest absolute Gasteiger partial charge is 0.323 e. The molecule has 0 aromatic heterocycles. The Bertz CT molecular complexity index is 911. The summed E-state index contributed by atoms with van der Waals surface area (Å²) >= 11 is 0. The van der Waals surface area contributed by atoms with Crippen LogP contribution in [-0.2, 0) is 0 Å². The van der Waals surface area contributed by atoms with Crippen LogP contribution in [0, 0.1) is 0 Å². The Morgan fingerprint density at radius 1 is 0.741 bits per heavy atom. The van der Waals surface area contributed by atoms with E-state index in [-0.39, 0.29) is 11.9 Å². The molecule has 27 heavy (non-hydrogen) atoms. The van der Waals surface area contributed by atoms with Crippen LogP contribution in [-0.4, -0.2) is 11.9 Å². The zero-order valence-electron chi connectivity index (χ0n) is 15.0. The molecule has 3 amide bonds. The number of para-hydroxylation sites is 2. The van der Waals surface area contributed by atoms with Gasteiger partial charge in [-0.05, 0) is 36.8 Å². The molecule has 0 fully saturated rings. The first-order valence-electron chi connectivity index (χ1n) is 8.71. The van der Waals surface area contributed by atoms with E-state index < -0.39 is 6.03 Å². The lowest BCUT2D eigenvalue weighted by molar-refractivity contribution is 0.0941. The Hall–Kier alpha value is -3.60. The van der Waals surface area contributed by atoms with E-state index in [1.54, 1.807) is 36.4 Å². The summed E-state index contributed by atoms with van der Waals surface area (Å²) in [6.07, 6.45) is 0.